The Morgan fingerprint density at radius 2 is 1.30 bits per heavy atom. The van der Waals surface area contributed by atoms with Gasteiger partial charge in [-0.05, 0) is 66.3 Å². The highest BCUT2D eigenvalue weighted by atomic mass is 16.5. The number of aryl methyl sites for hydroxylation is 3. The molecule has 116 valence electrons. The van der Waals surface area contributed by atoms with Crippen LogP contribution in [0, 0.1) is 20.8 Å². The van der Waals surface area contributed by atoms with Crippen molar-refractivity contribution in [3.8, 4) is 16.9 Å². The molecule has 3 rings (SSSR count). The molecule has 0 amide bonds. The van der Waals surface area contributed by atoms with Crippen LogP contribution in [0.25, 0.3) is 11.1 Å². The molecule has 0 aromatic heterocycles. The third-order valence-electron chi connectivity index (χ3n) is 4.25. The van der Waals surface area contributed by atoms with E-state index in [4.69, 9.17) is 4.74 Å². The molecule has 0 fully saturated rings. The van der Waals surface area contributed by atoms with E-state index in [0.717, 1.165) is 11.3 Å². The Kier molecular flexibility index (Phi) is 4.47. The molecule has 0 N–H and O–H groups in total. The van der Waals surface area contributed by atoms with Gasteiger partial charge in [-0.2, -0.15) is 0 Å². The lowest BCUT2D eigenvalue weighted by atomic mass is 9.99. The highest BCUT2D eigenvalue weighted by molar-refractivity contribution is 5.66. The first-order valence-corrected chi connectivity index (χ1v) is 7.98. The van der Waals surface area contributed by atoms with E-state index in [0.29, 0.717) is 6.61 Å². The number of ether oxygens (including phenoxy) is 1. The first-order valence-electron chi connectivity index (χ1n) is 7.98. The summed E-state index contributed by atoms with van der Waals surface area (Å²) < 4.78 is 5.96. The molecule has 0 aliphatic heterocycles. The molecular formula is C22H22O. The van der Waals surface area contributed by atoms with Gasteiger partial charge in [-0.1, -0.05) is 54.6 Å². The predicted molar refractivity (Wildman–Crippen MR) is 96.9 cm³/mol. The Morgan fingerprint density at radius 3 is 1.96 bits per heavy atom. The normalized spacial score (nSPS) is 10.6. The van der Waals surface area contributed by atoms with Crippen molar-refractivity contribution in [3.05, 3.63) is 89.0 Å². The smallest absolute Gasteiger partial charge is 0.122 e. The summed E-state index contributed by atoms with van der Waals surface area (Å²) in [5.41, 5.74) is 7.49. The van der Waals surface area contributed by atoms with E-state index >= 15 is 0 Å². The Balaban J connectivity index is 1.79. The maximum Gasteiger partial charge on any atom is 0.122 e. The zero-order chi connectivity index (χ0) is 16.2. The van der Waals surface area contributed by atoms with Gasteiger partial charge in [-0.15, -0.1) is 0 Å². The first kappa shape index (κ1) is 15.4. The molecular weight excluding hydrogens is 280 g/mol. The van der Waals surface area contributed by atoms with Crippen molar-refractivity contribution in [3.63, 3.8) is 0 Å². The lowest BCUT2D eigenvalue weighted by Crippen LogP contribution is -1.97. The second-order valence-electron chi connectivity index (χ2n) is 6.05. The fraction of sp³-hybridized carbons (Fsp3) is 0.182. The topological polar surface area (TPSA) is 9.23 Å². The Bertz CT molecular complexity index is 803. The Morgan fingerprint density at radius 1 is 0.652 bits per heavy atom. The van der Waals surface area contributed by atoms with Crippen molar-refractivity contribution in [2.75, 3.05) is 0 Å². The maximum absolute atomic E-state index is 5.96. The van der Waals surface area contributed by atoms with Crippen LogP contribution in [0.1, 0.15) is 22.3 Å². The van der Waals surface area contributed by atoms with Crippen LogP contribution in [0.2, 0.25) is 0 Å². The first-order chi connectivity index (χ1) is 11.1. The molecule has 1 heteroatoms. The van der Waals surface area contributed by atoms with E-state index in [1.54, 1.807) is 0 Å². The van der Waals surface area contributed by atoms with Crippen LogP contribution in [-0.2, 0) is 6.61 Å². The van der Waals surface area contributed by atoms with E-state index in [2.05, 4.69) is 69.3 Å². The van der Waals surface area contributed by atoms with Crippen molar-refractivity contribution < 1.29 is 4.74 Å². The van der Waals surface area contributed by atoms with E-state index < -0.39 is 0 Å². The molecule has 0 saturated heterocycles. The van der Waals surface area contributed by atoms with Gasteiger partial charge >= 0.3 is 0 Å². The maximum atomic E-state index is 5.96. The fourth-order valence-electron chi connectivity index (χ4n) is 2.65. The zero-order valence-electron chi connectivity index (χ0n) is 14.0. The molecule has 0 aliphatic carbocycles. The minimum atomic E-state index is 0.602. The minimum Gasteiger partial charge on any atom is -0.489 e. The monoisotopic (exact) mass is 302 g/mol. The summed E-state index contributed by atoms with van der Waals surface area (Å²) in [7, 11) is 0. The second-order valence-corrected chi connectivity index (χ2v) is 6.05. The molecule has 0 bridgehead atoms. The van der Waals surface area contributed by atoms with Gasteiger partial charge in [0.15, 0.2) is 0 Å². The quantitative estimate of drug-likeness (QED) is 0.586. The number of hydrogen-bond donors (Lipinski definition) is 0. The molecule has 23 heavy (non-hydrogen) atoms. The van der Waals surface area contributed by atoms with Crippen LogP contribution >= 0.6 is 0 Å². The van der Waals surface area contributed by atoms with Gasteiger partial charge in [0.1, 0.15) is 12.4 Å². The lowest BCUT2D eigenvalue weighted by molar-refractivity contribution is 0.304. The molecule has 0 radical (unpaired) electrons. The second kappa shape index (κ2) is 6.70. The summed E-state index contributed by atoms with van der Waals surface area (Å²) in [5, 5.41) is 0. The van der Waals surface area contributed by atoms with Crippen LogP contribution in [0.5, 0.6) is 5.75 Å². The number of rotatable bonds is 4. The average molecular weight is 302 g/mol. The van der Waals surface area contributed by atoms with Crippen molar-refractivity contribution in [1.29, 1.82) is 0 Å². The van der Waals surface area contributed by atoms with Crippen molar-refractivity contribution in [2.45, 2.75) is 27.4 Å². The molecule has 0 spiro atoms. The van der Waals surface area contributed by atoms with Crippen LogP contribution in [0.15, 0.2) is 66.7 Å². The molecule has 3 aromatic carbocycles. The Hall–Kier alpha value is -2.54. The van der Waals surface area contributed by atoms with E-state index in [-0.39, 0.29) is 0 Å². The van der Waals surface area contributed by atoms with Crippen molar-refractivity contribution >= 4 is 0 Å². The van der Waals surface area contributed by atoms with E-state index in [9.17, 15) is 0 Å². The molecule has 0 aliphatic rings. The third kappa shape index (κ3) is 3.62. The van der Waals surface area contributed by atoms with Crippen LogP contribution in [0.3, 0.4) is 0 Å². The van der Waals surface area contributed by atoms with Crippen LogP contribution in [0.4, 0.5) is 0 Å². The molecule has 0 heterocycles. The lowest BCUT2D eigenvalue weighted by Gasteiger charge is -2.12. The van der Waals surface area contributed by atoms with Gasteiger partial charge in [-0.3, -0.25) is 0 Å². The summed E-state index contributed by atoms with van der Waals surface area (Å²) in [4.78, 5) is 0. The SMILES string of the molecule is Cc1ccc(-c2ccc(OCc3ccccc3)c(C)c2)cc1C. The fourth-order valence-corrected chi connectivity index (χ4v) is 2.65. The zero-order valence-corrected chi connectivity index (χ0v) is 14.0. The standard InChI is InChI=1S/C22H22O/c1-16-9-10-20(13-17(16)2)21-11-12-22(18(3)14-21)23-15-19-7-5-4-6-8-19/h4-14H,15H2,1-3H3. The summed E-state index contributed by atoms with van der Waals surface area (Å²) in [6.07, 6.45) is 0. The number of benzene rings is 3. The van der Waals surface area contributed by atoms with Gasteiger partial charge in [0.2, 0.25) is 0 Å². The average Bonchev–Trinajstić information content (AvgIpc) is 2.57. The summed E-state index contributed by atoms with van der Waals surface area (Å²) in [6.45, 7) is 7.00. The van der Waals surface area contributed by atoms with Crippen LogP contribution < -0.4 is 4.74 Å². The van der Waals surface area contributed by atoms with Gasteiger partial charge in [-0.25, -0.2) is 0 Å². The van der Waals surface area contributed by atoms with Gasteiger partial charge < -0.3 is 4.74 Å². The number of hydrogen-bond acceptors (Lipinski definition) is 1. The van der Waals surface area contributed by atoms with Gasteiger partial charge in [0.05, 0.1) is 0 Å². The van der Waals surface area contributed by atoms with Gasteiger partial charge in [0, 0.05) is 0 Å². The molecule has 1 nitrogen and oxygen atoms in total. The third-order valence-corrected chi connectivity index (χ3v) is 4.25. The summed E-state index contributed by atoms with van der Waals surface area (Å²) in [5.74, 6) is 0.946. The van der Waals surface area contributed by atoms with Gasteiger partial charge in [0.25, 0.3) is 0 Å². The largest absolute Gasteiger partial charge is 0.489 e. The van der Waals surface area contributed by atoms with E-state index in [1.807, 2.05) is 18.2 Å². The van der Waals surface area contributed by atoms with E-state index in [1.165, 1.54) is 27.8 Å². The minimum absolute atomic E-state index is 0.602. The van der Waals surface area contributed by atoms with Crippen molar-refractivity contribution in [1.82, 2.24) is 0 Å². The van der Waals surface area contributed by atoms with Crippen LogP contribution in [-0.4, -0.2) is 0 Å². The highest BCUT2D eigenvalue weighted by Crippen LogP contribution is 2.28. The predicted octanol–water partition coefficient (Wildman–Crippen LogP) is 5.86. The Labute approximate surface area is 138 Å². The highest BCUT2D eigenvalue weighted by Gasteiger charge is 2.05. The molecule has 0 unspecified atom stereocenters. The molecule has 0 saturated carbocycles. The summed E-state index contributed by atoms with van der Waals surface area (Å²) >= 11 is 0. The van der Waals surface area contributed by atoms with Crippen molar-refractivity contribution in [2.24, 2.45) is 0 Å². The molecule has 3 aromatic rings. The summed E-state index contributed by atoms with van der Waals surface area (Å²) in [6, 6.07) is 23.3. The molecule has 0 atom stereocenters.